The second-order valence-electron chi connectivity index (χ2n) is 7.02. The van der Waals surface area contributed by atoms with Crippen molar-refractivity contribution in [2.24, 2.45) is 5.10 Å². The summed E-state index contributed by atoms with van der Waals surface area (Å²) in [5.74, 6) is 0.000317. The Morgan fingerprint density at radius 1 is 1.00 bits per heavy atom. The first-order valence-corrected chi connectivity index (χ1v) is 12.6. The molecule has 0 unspecified atom stereocenters. The second kappa shape index (κ2) is 13.3. The van der Waals surface area contributed by atoms with E-state index in [9.17, 15) is 9.59 Å². The molecule has 0 aliphatic heterocycles. The number of hydrogen-bond acceptors (Lipinski definition) is 6. The summed E-state index contributed by atoms with van der Waals surface area (Å²) < 4.78 is 0. The molecule has 0 radical (unpaired) electrons. The highest BCUT2D eigenvalue weighted by Crippen LogP contribution is 2.26. The number of hydrogen-bond donors (Lipinski definition) is 2. The quantitative estimate of drug-likeness (QED) is 0.152. The van der Waals surface area contributed by atoms with Crippen molar-refractivity contribution in [3.05, 3.63) is 64.5 Å². The van der Waals surface area contributed by atoms with E-state index in [0.29, 0.717) is 40.7 Å². The molecule has 7 nitrogen and oxygen atoms in total. The third kappa shape index (κ3) is 7.99. The van der Waals surface area contributed by atoms with Crippen LogP contribution in [0.3, 0.4) is 0 Å². The minimum absolute atomic E-state index is 0.377. The monoisotopic (exact) mass is 537 g/mol. The molecule has 11 heteroatoms. The lowest BCUT2D eigenvalue weighted by molar-refractivity contribution is -0.126. The van der Waals surface area contributed by atoms with Crippen LogP contribution in [-0.4, -0.2) is 47.9 Å². The molecule has 0 bridgehead atoms. The highest BCUT2D eigenvalue weighted by molar-refractivity contribution is 7.14. The largest absolute Gasteiger partial charge is 0.369 e. The number of halogens is 3. The number of alkyl halides is 2. The Bertz CT molecular complexity index is 1110. The predicted octanol–water partition coefficient (Wildman–Crippen LogP) is 5.23. The van der Waals surface area contributed by atoms with Crippen molar-refractivity contribution in [3.8, 4) is 11.3 Å². The van der Waals surface area contributed by atoms with Crippen LogP contribution in [0.25, 0.3) is 11.3 Å². The average molecular weight is 539 g/mol. The van der Waals surface area contributed by atoms with Gasteiger partial charge in [-0.2, -0.15) is 5.10 Å². The summed E-state index contributed by atoms with van der Waals surface area (Å²) in [7, 11) is 0. The van der Waals surface area contributed by atoms with Crippen LogP contribution in [-0.2, 0) is 9.59 Å². The summed E-state index contributed by atoms with van der Waals surface area (Å²) in [4.78, 5) is 30.6. The van der Waals surface area contributed by atoms with E-state index in [2.05, 4.69) is 25.7 Å². The number of nitrogens with zero attached hydrogens (tertiary/aromatic N) is 3. The summed E-state index contributed by atoms with van der Waals surface area (Å²) in [6.45, 7) is 1.40. The molecule has 0 fully saturated rings. The van der Waals surface area contributed by atoms with Gasteiger partial charge in [-0.15, -0.1) is 34.5 Å². The summed E-state index contributed by atoms with van der Waals surface area (Å²) in [6, 6.07) is 14.8. The molecule has 2 amide bonds. The zero-order valence-electron chi connectivity index (χ0n) is 18.0. The molecule has 2 N–H and O–H groups in total. The van der Waals surface area contributed by atoms with Crippen molar-refractivity contribution in [1.82, 2.24) is 10.4 Å². The third-order valence-corrected chi connectivity index (χ3v) is 5.93. The summed E-state index contributed by atoms with van der Waals surface area (Å²) in [5, 5.41) is 9.40. The Hall–Kier alpha value is -2.65. The molecule has 178 valence electrons. The van der Waals surface area contributed by atoms with Crippen molar-refractivity contribution in [2.75, 3.05) is 35.1 Å². The molecule has 0 aliphatic rings. The number of amides is 2. The van der Waals surface area contributed by atoms with E-state index < -0.39 is 11.8 Å². The van der Waals surface area contributed by atoms with Crippen LogP contribution in [0.1, 0.15) is 12.0 Å². The normalized spacial score (nSPS) is 10.9. The van der Waals surface area contributed by atoms with Crippen molar-refractivity contribution in [1.29, 1.82) is 0 Å². The summed E-state index contributed by atoms with van der Waals surface area (Å²) in [6.07, 6.45) is 1.13. The molecule has 0 saturated carbocycles. The van der Waals surface area contributed by atoms with Crippen LogP contribution < -0.4 is 15.6 Å². The van der Waals surface area contributed by atoms with Gasteiger partial charge in [-0.05, 0) is 29.8 Å². The number of aromatic nitrogens is 1. The first-order chi connectivity index (χ1) is 16.5. The van der Waals surface area contributed by atoms with Gasteiger partial charge in [-0.3, -0.25) is 9.59 Å². The van der Waals surface area contributed by atoms with Gasteiger partial charge in [0.15, 0.2) is 5.13 Å². The van der Waals surface area contributed by atoms with Crippen LogP contribution in [0, 0.1) is 0 Å². The van der Waals surface area contributed by atoms with Gasteiger partial charge in [0.25, 0.3) is 0 Å². The van der Waals surface area contributed by atoms with Gasteiger partial charge in [0.2, 0.25) is 11.8 Å². The number of benzene rings is 2. The van der Waals surface area contributed by atoms with Crippen molar-refractivity contribution >= 4 is 75.0 Å². The van der Waals surface area contributed by atoms with E-state index in [4.69, 9.17) is 34.8 Å². The number of carbonyl (C=O) groups excluding carboxylic acids is 2. The highest BCUT2D eigenvalue weighted by Gasteiger charge is 2.12. The van der Waals surface area contributed by atoms with Crippen molar-refractivity contribution < 1.29 is 9.59 Å². The molecule has 0 atom stereocenters. The number of hydrazone groups is 1. The Morgan fingerprint density at radius 3 is 2.32 bits per heavy atom. The van der Waals surface area contributed by atoms with Crippen LogP contribution in [0.2, 0.25) is 5.02 Å². The molecule has 0 spiro atoms. The lowest BCUT2D eigenvalue weighted by Crippen LogP contribution is -2.27. The molecule has 34 heavy (non-hydrogen) atoms. The predicted molar refractivity (Wildman–Crippen MR) is 142 cm³/mol. The van der Waals surface area contributed by atoms with Gasteiger partial charge in [0, 0.05) is 46.5 Å². The van der Waals surface area contributed by atoms with E-state index in [0.717, 1.165) is 16.8 Å². The molecule has 1 aromatic heterocycles. The van der Waals surface area contributed by atoms with Crippen LogP contribution in [0.4, 0.5) is 10.8 Å². The van der Waals surface area contributed by atoms with E-state index >= 15 is 0 Å². The molecular weight excluding hydrogens is 517 g/mol. The van der Waals surface area contributed by atoms with Crippen LogP contribution >= 0.6 is 46.1 Å². The lowest BCUT2D eigenvalue weighted by atomic mass is 10.2. The van der Waals surface area contributed by atoms with E-state index in [1.54, 1.807) is 12.1 Å². The number of nitrogens with one attached hydrogen (secondary N) is 2. The van der Waals surface area contributed by atoms with Crippen LogP contribution in [0.15, 0.2) is 59.0 Å². The first kappa shape index (κ1) is 26.0. The number of rotatable bonds is 11. The molecule has 2 aromatic carbocycles. The smallest absolute Gasteiger partial charge is 0.249 e. The van der Waals surface area contributed by atoms with Gasteiger partial charge in [0.05, 0.1) is 11.9 Å². The Balaban J connectivity index is 1.46. The fourth-order valence-electron chi connectivity index (χ4n) is 2.96. The maximum absolute atomic E-state index is 12.2. The van der Waals surface area contributed by atoms with E-state index in [-0.39, 0.29) is 6.42 Å². The van der Waals surface area contributed by atoms with E-state index in [1.807, 2.05) is 41.8 Å². The third-order valence-electron chi connectivity index (χ3n) is 4.58. The fourth-order valence-corrected chi connectivity index (χ4v) is 4.23. The molecule has 0 saturated heterocycles. The molecule has 0 aliphatic carbocycles. The number of thiazole rings is 1. The van der Waals surface area contributed by atoms with Crippen LogP contribution in [0.5, 0.6) is 0 Å². The average Bonchev–Trinajstić information content (AvgIpc) is 3.28. The maximum Gasteiger partial charge on any atom is 0.249 e. The van der Waals surface area contributed by atoms with Gasteiger partial charge in [-0.25, -0.2) is 10.4 Å². The summed E-state index contributed by atoms with van der Waals surface area (Å²) >= 11 is 18.9. The number of anilines is 2. The van der Waals surface area contributed by atoms with E-state index in [1.165, 1.54) is 17.6 Å². The Labute approximate surface area is 216 Å². The zero-order valence-corrected chi connectivity index (χ0v) is 21.1. The Morgan fingerprint density at radius 2 is 1.68 bits per heavy atom. The van der Waals surface area contributed by atoms with Gasteiger partial charge in [0.1, 0.15) is 6.42 Å². The summed E-state index contributed by atoms with van der Waals surface area (Å²) in [5.41, 5.74) is 5.75. The van der Waals surface area contributed by atoms with Gasteiger partial charge >= 0.3 is 0 Å². The SMILES string of the molecule is O=C(CC(=O)Nc1nc(-c2ccc(Cl)cc2)cs1)N/N=C/c1ccc(N(CCCl)CCCl)cc1. The number of carbonyl (C=O) groups is 2. The Kier molecular flexibility index (Phi) is 10.2. The highest BCUT2D eigenvalue weighted by atomic mass is 35.5. The molecular formula is C23H22Cl3N5O2S. The molecule has 3 aromatic rings. The lowest BCUT2D eigenvalue weighted by Gasteiger charge is -2.22. The standard InChI is InChI=1S/C23H22Cl3N5O2S/c24-9-11-31(12-10-25)19-7-1-16(2-8-19)14-27-30-22(33)13-21(32)29-23-28-20(15-34-23)17-3-5-18(26)6-4-17/h1-8,14-15H,9-13H2,(H,30,33)(H,28,29,32)/b27-14+. The van der Waals surface area contributed by atoms with Crippen molar-refractivity contribution in [3.63, 3.8) is 0 Å². The fraction of sp³-hybridized carbons (Fsp3) is 0.217. The van der Waals surface area contributed by atoms with Gasteiger partial charge in [-0.1, -0.05) is 35.9 Å². The van der Waals surface area contributed by atoms with Crippen molar-refractivity contribution in [2.45, 2.75) is 6.42 Å². The van der Waals surface area contributed by atoms with Gasteiger partial charge < -0.3 is 10.2 Å². The molecule has 3 rings (SSSR count). The minimum atomic E-state index is -0.532. The second-order valence-corrected chi connectivity index (χ2v) is 9.07. The maximum atomic E-state index is 12.2. The minimum Gasteiger partial charge on any atom is -0.369 e. The zero-order chi connectivity index (χ0) is 24.3. The topological polar surface area (TPSA) is 86.7 Å². The molecule has 1 heterocycles. The first-order valence-electron chi connectivity index (χ1n) is 10.3.